The number of primary amides is 1. The van der Waals surface area contributed by atoms with Gasteiger partial charge in [0.15, 0.2) is 0 Å². The van der Waals surface area contributed by atoms with Crippen LogP contribution in [0, 0.1) is 5.82 Å². The molecule has 1 aromatic carbocycles. The normalized spacial score (nSPS) is 18.6. The summed E-state index contributed by atoms with van der Waals surface area (Å²) in [6, 6.07) is 7.58. The fourth-order valence-electron chi connectivity index (χ4n) is 2.93. The van der Waals surface area contributed by atoms with Crippen LogP contribution in [0.1, 0.15) is 25.3 Å². The van der Waals surface area contributed by atoms with Gasteiger partial charge in [-0.05, 0) is 37.8 Å². The zero-order valence-electron chi connectivity index (χ0n) is 12.5. The number of nitrogens with one attached hydrogen (secondary N) is 1. The summed E-state index contributed by atoms with van der Waals surface area (Å²) in [7, 11) is 0. The Kier molecular flexibility index (Phi) is 5.70. The standard InChI is InChI=1S/C16H24FN3O/c1-12(10-13-4-2-3-5-15(13)17)19-14-6-8-20(9-7-14)11-16(18)21/h2-5,12,14,19H,6-11H2,1H3,(H2,18,21). The number of rotatable bonds is 6. The van der Waals surface area contributed by atoms with Crippen molar-refractivity contribution in [1.29, 1.82) is 0 Å². The van der Waals surface area contributed by atoms with Gasteiger partial charge in [0.05, 0.1) is 6.54 Å². The highest BCUT2D eigenvalue weighted by atomic mass is 19.1. The molecule has 0 aliphatic carbocycles. The second kappa shape index (κ2) is 7.52. The second-order valence-electron chi connectivity index (χ2n) is 5.88. The molecule has 1 aliphatic heterocycles. The molecule has 1 fully saturated rings. The molecule has 1 amide bonds. The number of piperidine rings is 1. The van der Waals surface area contributed by atoms with Gasteiger partial charge >= 0.3 is 0 Å². The third-order valence-corrected chi connectivity index (χ3v) is 3.97. The summed E-state index contributed by atoms with van der Waals surface area (Å²) >= 11 is 0. The number of likely N-dealkylation sites (tertiary alicyclic amines) is 1. The lowest BCUT2D eigenvalue weighted by molar-refractivity contribution is -0.119. The number of hydrogen-bond donors (Lipinski definition) is 2. The Morgan fingerprint density at radius 3 is 2.71 bits per heavy atom. The molecule has 1 saturated heterocycles. The van der Waals surface area contributed by atoms with E-state index < -0.39 is 0 Å². The average Bonchev–Trinajstić information content (AvgIpc) is 2.43. The minimum atomic E-state index is -0.269. The molecule has 21 heavy (non-hydrogen) atoms. The SMILES string of the molecule is CC(Cc1ccccc1F)NC1CCN(CC(N)=O)CC1. The zero-order valence-corrected chi connectivity index (χ0v) is 12.5. The molecule has 1 atom stereocenters. The van der Waals surface area contributed by atoms with E-state index in [0.29, 0.717) is 19.0 Å². The molecule has 116 valence electrons. The molecule has 1 unspecified atom stereocenters. The third kappa shape index (κ3) is 5.10. The summed E-state index contributed by atoms with van der Waals surface area (Å²) in [6.45, 7) is 4.19. The van der Waals surface area contributed by atoms with Crippen molar-refractivity contribution in [2.24, 2.45) is 5.73 Å². The lowest BCUT2D eigenvalue weighted by atomic mass is 10.0. The molecular formula is C16H24FN3O. The van der Waals surface area contributed by atoms with Crippen LogP contribution in [0.5, 0.6) is 0 Å². The van der Waals surface area contributed by atoms with Crippen LogP contribution >= 0.6 is 0 Å². The number of carbonyl (C=O) groups is 1. The van der Waals surface area contributed by atoms with Gasteiger partial charge in [-0.1, -0.05) is 18.2 Å². The van der Waals surface area contributed by atoms with Gasteiger partial charge in [0.2, 0.25) is 5.91 Å². The van der Waals surface area contributed by atoms with Gasteiger partial charge in [0.25, 0.3) is 0 Å². The largest absolute Gasteiger partial charge is 0.369 e. The summed E-state index contributed by atoms with van der Waals surface area (Å²) in [4.78, 5) is 13.0. The summed E-state index contributed by atoms with van der Waals surface area (Å²) in [5.41, 5.74) is 5.96. The Labute approximate surface area is 125 Å². The minimum absolute atomic E-state index is 0.137. The van der Waals surface area contributed by atoms with Crippen molar-refractivity contribution >= 4 is 5.91 Å². The predicted molar refractivity (Wildman–Crippen MR) is 81.4 cm³/mol. The maximum absolute atomic E-state index is 13.6. The Bertz CT molecular complexity index is 472. The van der Waals surface area contributed by atoms with Gasteiger partial charge in [-0.2, -0.15) is 0 Å². The van der Waals surface area contributed by atoms with E-state index >= 15 is 0 Å². The average molecular weight is 293 g/mol. The van der Waals surface area contributed by atoms with Gasteiger partial charge in [0.1, 0.15) is 5.82 Å². The maximum Gasteiger partial charge on any atom is 0.231 e. The molecule has 1 heterocycles. The first-order valence-corrected chi connectivity index (χ1v) is 7.54. The number of nitrogens with zero attached hydrogens (tertiary/aromatic N) is 1. The van der Waals surface area contributed by atoms with E-state index in [9.17, 15) is 9.18 Å². The van der Waals surface area contributed by atoms with Crippen LogP contribution < -0.4 is 11.1 Å². The fourth-order valence-corrected chi connectivity index (χ4v) is 2.93. The smallest absolute Gasteiger partial charge is 0.231 e. The lowest BCUT2D eigenvalue weighted by Crippen LogP contribution is -2.47. The highest BCUT2D eigenvalue weighted by Gasteiger charge is 2.21. The fraction of sp³-hybridized carbons (Fsp3) is 0.562. The van der Waals surface area contributed by atoms with Gasteiger partial charge in [0, 0.05) is 25.2 Å². The number of carbonyl (C=O) groups excluding carboxylic acids is 1. The molecule has 0 saturated carbocycles. The molecular weight excluding hydrogens is 269 g/mol. The molecule has 0 bridgehead atoms. The van der Waals surface area contributed by atoms with Crippen LogP contribution in [-0.4, -0.2) is 42.5 Å². The predicted octanol–water partition coefficient (Wildman–Crippen LogP) is 1.30. The summed E-state index contributed by atoms with van der Waals surface area (Å²) in [5, 5.41) is 3.56. The van der Waals surface area contributed by atoms with Crippen molar-refractivity contribution < 1.29 is 9.18 Å². The first kappa shape index (κ1) is 15.9. The van der Waals surface area contributed by atoms with E-state index in [-0.39, 0.29) is 17.8 Å². The minimum Gasteiger partial charge on any atom is -0.369 e. The summed E-state index contributed by atoms with van der Waals surface area (Å²) in [5.74, 6) is -0.406. The van der Waals surface area contributed by atoms with Crippen molar-refractivity contribution in [3.05, 3.63) is 35.6 Å². The van der Waals surface area contributed by atoms with Gasteiger partial charge in [-0.3, -0.25) is 9.69 Å². The van der Waals surface area contributed by atoms with Crippen LogP contribution in [0.4, 0.5) is 4.39 Å². The van der Waals surface area contributed by atoms with Crippen molar-refractivity contribution in [1.82, 2.24) is 10.2 Å². The number of benzene rings is 1. The van der Waals surface area contributed by atoms with E-state index in [2.05, 4.69) is 17.1 Å². The summed E-state index contributed by atoms with van der Waals surface area (Å²) in [6.07, 6.45) is 2.68. The molecule has 1 aliphatic rings. The van der Waals surface area contributed by atoms with E-state index in [1.807, 2.05) is 12.1 Å². The second-order valence-corrected chi connectivity index (χ2v) is 5.88. The van der Waals surface area contributed by atoms with Crippen LogP contribution in [0.3, 0.4) is 0 Å². The number of nitrogens with two attached hydrogens (primary N) is 1. The molecule has 0 radical (unpaired) electrons. The van der Waals surface area contributed by atoms with Crippen LogP contribution in [0.15, 0.2) is 24.3 Å². The Hall–Kier alpha value is -1.46. The lowest BCUT2D eigenvalue weighted by Gasteiger charge is -2.33. The molecule has 5 heteroatoms. The summed E-state index contributed by atoms with van der Waals surface area (Å²) < 4.78 is 13.6. The van der Waals surface area contributed by atoms with E-state index in [1.165, 1.54) is 6.07 Å². The molecule has 4 nitrogen and oxygen atoms in total. The molecule has 0 aromatic heterocycles. The maximum atomic E-state index is 13.6. The van der Waals surface area contributed by atoms with E-state index in [4.69, 9.17) is 5.73 Å². The Balaban J connectivity index is 1.75. The van der Waals surface area contributed by atoms with Gasteiger partial charge in [-0.15, -0.1) is 0 Å². The number of amides is 1. The first-order chi connectivity index (χ1) is 10.0. The van der Waals surface area contributed by atoms with Crippen molar-refractivity contribution in [3.63, 3.8) is 0 Å². The van der Waals surface area contributed by atoms with Crippen molar-refractivity contribution in [3.8, 4) is 0 Å². The van der Waals surface area contributed by atoms with Gasteiger partial charge < -0.3 is 11.1 Å². The third-order valence-electron chi connectivity index (χ3n) is 3.97. The Morgan fingerprint density at radius 2 is 2.10 bits per heavy atom. The zero-order chi connectivity index (χ0) is 15.2. The molecule has 0 spiro atoms. The van der Waals surface area contributed by atoms with E-state index in [0.717, 1.165) is 31.5 Å². The molecule has 2 rings (SSSR count). The van der Waals surface area contributed by atoms with Gasteiger partial charge in [-0.25, -0.2) is 4.39 Å². The number of hydrogen-bond acceptors (Lipinski definition) is 3. The molecule has 1 aromatic rings. The number of halogens is 1. The molecule has 3 N–H and O–H groups in total. The van der Waals surface area contributed by atoms with Crippen molar-refractivity contribution in [2.45, 2.75) is 38.3 Å². The highest BCUT2D eigenvalue weighted by molar-refractivity contribution is 5.75. The first-order valence-electron chi connectivity index (χ1n) is 7.54. The quantitative estimate of drug-likeness (QED) is 0.831. The monoisotopic (exact) mass is 293 g/mol. The van der Waals surface area contributed by atoms with Crippen molar-refractivity contribution in [2.75, 3.05) is 19.6 Å². The van der Waals surface area contributed by atoms with Crippen LogP contribution in [0.2, 0.25) is 0 Å². The highest BCUT2D eigenvalue weighted by Crippen LogP contribution is 2.13. The topological polar surface area (TPSA) is 58.4 Å². The van der Waals surface area contributed by atoms with E-state index in [1.54, 1.807) is 6.07 Å². The van der Waals surface area contributed by atoms with Crippen LogP contribution in [0.25, 0.3) is 0 Å². The Morgan fingerprint density at radius 1 is 1.43 bits per heavy atom. The van der Waals surface area contributed by atoms with Crippen LogP contribution in [-0.2, 0) is 11.2 Å².